The van der Waals surface area contributed by atoms with Gasteiger partial charge in [-0.25, -0.2) is 0 Å². The van der Waals surface area contributed by atoms with Crippen molar-refractivity contribution in [1.29, 1.82) is 0 Å². The molecular weight excluding hydrogens is 406 g/mol. The van der Waals surface area contributed by atoms with E-state index in [1.165, 1.54) is 16.6 Å². The maximum atomic E-state index is 12.9. The predicted molar refractivity (Wildman–Crippen MR) is 129 cm³/mol. The van der Waals surface area contributed by atoms with Gasteiger partial charge in [0.1, 0.15) is 0 Å². The maximum absolute atomic E-state index is 12.9. The van der Waals surface area contributed by atoms with Crippen LogP contribution in [0.1, 0.15) is 11.3 Å². The molecule has 0 spiro atoms. The third-order valence-electron chi connectivity index (χ3n) is 6.02. The predicted octanol–water partition coefficient (Wildman–Crippen LogP) is 5.71. The van der Waals surface area contributed by atoms with Crippen molar-refractivity contribution in [2.75, 3.05) is 6.54 Å². The van der Waals surface area contributed by atoms with Crippen LogP contribution >= 0.6 is 11.6 Å². The zero-order valence-electron chi connectivity index (χ0n) is 17.1. The number of aromatic nitrogens is 2. The number of hydrogen-bond acceptors (Lipinski definition) is 2. The van der Waals surface area contributed by atoms with Crippen LogP contribution in [0.25, 0.3) is 33.9 Å². The number of nitrogens with zero attached hydrogens (tertiary/aromatic N) is 3. The Morgan fingerprint density at radius 2 is 1.74 bits per heavy atom. The summed E-state index contributed by atoms with van der Waals surface area (Å²) in [7, 11) is 0. The van der Waals surface area contributed by atoms with Crippen molar-refractivity contribution in [3.63, 3.8) is 0 Å². The van der Waals surface area contributed by atoms with Crippen molar-refractivity contribution in [2.24, 2.45) is 0 Å². The fraction of sp³-hybridized carbons (Fsp3) is 0.115. The summed E-state index contributed by atoms with van der Waals surface area (Å²) in [6.45, 7) is 9.72. The van der Waals surface area contributed by atoms with Crippen LogP contribution in [-0.2, 0) is 13.0 Å². The number of pyridine rings is 1. The second-order valence-corrected chi connectivity index (χ2v) is 8.15. The topological polar surface area (TPSA) is 30.2 Å². The molecule has 0 radical (unpaired) electrons. The van der Waals surface area contributed by atoms with E-state index < -0.39 is 0 Å². The van der Waals surface area contributed by atoms with Crippen LogP contribution in [-0.4, -0.2) is 20.6 Å². The first-order chi connectivity index (χ1) is 15.1. The van der Waals surface area contributed by atoms with Gasteiger partial charge in [-0.1, -0.05) is 43.0 Å². The number of benzene rings is 2. The molecular formula is C26H22ClN3O. The lowest BCUT2D eigenvalue weighted by Gasteiger charge is -2.26. The van der Waals surface area contributed by atoms with Crippen molar-refractivity contribution in [3.05, 3.63) is 107 Å². The van der Waals surface area contributed by atoms with Crippen LogP contribution < -0.4 is 5.56 Å². The molecule has 1 aliphatic heterocycles. The van der Waals surface area contributed by atoms with Gasteiger partial charge in [-0.05, 0) is 47.7 Å². The maximum Gasteiger partial charge on any atom is 0.255 e. The number of hydrogen-bond donors (Lipinski definition) is 0. The molecule has 0 bridgehead atoms. The summed E-state index contributed by atoms with van der Waals surface area (Å²) in [5, 5.41) is 1.87. The summed E-state index contributed by atoms with van der Waals surface area (Å²) in [5.41, 5.74) is 6.24. The monoisotopic (exact) mass is 427 g/mol. The molecule has 2 aromatic heterocycles. The molecule has 0 fully saturated rings. The van der Waals surface area contributed by atoms with E-state index in [0.29, 0.717) is 5.02 Å². The fourth-order valence-electron chi connectivity index (χ4n) is 4.43. The molecule has 5 rings (SSSR count). The van der Waals surface area contributed by atoms with E-state index in [2.05, 4.69) is 34.8 Å². The molecule has 4 nitrogen and oxygen atoms in total. The van der Waals surface area contributed by atoms with Crippen LogP contribution in [0.3, 0.4) is 0 Å². The molecule has 0 saturated carbocycles. The van der Waals surface area contributed by atoms with E-state index in [1.54, 1.807) is 10.6 Å². The number of halogens is 1. The van der Waals surface area contributed by atoms with Gasteiger partial charge in [-0.2, -0.15) is 0 Å². The first kappa shape index (κ1) is 19.5. The van der Waals surface area contributed by atoms with Gasteiger partial charge in [0, 0.05) is 59.6 Å². The van der Waals surface area contributed by atoms with E-state index in [1.807, 2.05) is 55.0 Å². The highest BCUT2D eigenvalue weighted by molar-refractivity contribution is 6.30. The summed E-state index contributed by atoms with van der Waals surface area (Å²) in [5.74, 6) is 0. The Labute approximate surface area is 185 Å². The van der Waals surface area contributed by atoms with Crippen LogP contribution in [0.2, 0.25) is 5.02 Å². The quantitative estimate of drug-likeness (QED) is 0.417. The molecule has 4 aromatic rings. The normalized spacial score (nSPS) is 13.3. The fourth-order valence-corrected chi connectivity index (χ4v) is 4.55. The molecule has 0 saturated heterocycles. The first-order valence-electron chi connectivity index (χ1n) is 10.2. The molecule has 0 atom stereocenters. The molecule has 2 aromatic carbocycles. The Morgan fingerprint density at radius 3 is 2.45 bits per heavy atom. The smallest absolute Gasteiger partial charge is 0.255 e. The number of fused-ring (bicyclic) bond motifs is 3. The highest BCUT2D eigenvalue weighted by atomic mass is 35.5. The lowest BCUT2D eigenvalue weighted by molar-refractivity contribution is 0.352. The minimum atomic E-state index is -0.0777. The molecule has 0 unspecified atom stereocenters. The molecule has 1 aliphatic rings. The highest BCUT2D eigenvalue weighted by Gasteiger charge is 2.22. The van der Waals surface area contributed by atoms with Crippen molar-refractivity contribution in [2.45, 2.75) is 13.0 Å². The van der Waals surface area contributed by atoms with Gasteiger partial charge in [-0.15, -0.1) is 0 Å². The van der Waals surface area contributed by atoms with Crippen molar-refractivity contribution < 1.29 is 0 Å². The van der Waals surface area contributed by atoms with Crippen molar-refractivity contribution >= 4 is 28.7 Å². The zero-order chi connectivity index (χ0) is 21.5. The van der Waals surface area contributed by atoms with E-state index in [9.17, 15) is 4.79 Å². The summed E-state index contributed by atoms with van der Waals surface area (Å²) >= 11 is 5.98. The minimum Gasteiger partial charge on any atom is -0.373 e. The molecule has 5 heteroatoms. The molecule has 3 heterocycles. The summed E-state index contributed by atoms with van der Waals surface area (Å²) in [4.78, 5) is 15.2. The summed E-state index contributed by atoms with van der Waals surface area (Å²) in [6.07, 6.45) is 6.53. The van der Waals surface area contributed by atoms with Crippen molar-refractivity contribution in [3.8, 4) is 16.8 Å². The van der Waals surface area contributed by atoms with Crippen LogP contribution in [0.15, 0.2) is 84.9 Å². The SMILES string of the molecule is C=CN1CCc2c(c3ccc(-n4ccc(-c5ccc(Cl)cc5)cc4=O)cc3n2C=C)C1. The number of rotatable bonds is 4. The van der Waals surface area contributed by atoms with Gasteiger partial charge < -0.3 is 9.47 Å². The molecule has 31 heavy (non-hydrogen) atoms. The van der Waals surface area contributed by atoms with Crippen LogP contribution in [0.5, 0.6) is 0 Å². The van der Waals surface area contributed by atoms with Gasteiger partial charge in [0.2, 0.25) is 0 Å². The Balaban J connectivity index is 1.60. The zero-order valence-corrected chi connectivity index (χ0v) is 17.8. The average Bonchev–Trinajstić information content (AvgIpc) is 3.11. The van der Waals surface area contributed by atoms with Gasteiger partial charge in [0.15, 0.2) is 0 Å². The standard InChI is InChI=1S/C26H22ClN3O/c1-3-28-13-12-24-23(17-28)22-10-9-21(16-25(22)29(24)4-2)30-14-11-19(15-26(30)31)18-5-7-20(27)8-6-18/h3-11,14-16H,1-2,12-13,17H2. The molecule has 0 N–H and O–H groups in total. The summed E-state index contributed by atoms with van der Waals surface area (Å²) < 4.78 is 3.83. The van der Waals surface area contributed by atoms with Gasteiger partial charge in [-0.3, -0.25) is 9.36 Å². The Morgan fingerprint density at radius 1 is 0.935 bits per heavy atom. The van der Waals surface area contributed by atoms with Crippen LogP contribution in [0.4, 0.5) is 0 Å². The van der Waals surface area contributed by atoms with Gasteiger partial charge >= 0.3 is 0 Å². The Kier molecular flexibility index (Phi) is 4.79. The summed E-state index contributed by atoms with van der Waals surface area (Å²) in [6, 6.07) is 17.3. The molecule has 0 amide bonds. The van der Waals surface area contributed by atoms with E-state index in [-0.39, 0.29) is 5.56 Å². The third-order valence-corrected chi connectivity index (χ3v) is 6.27. The van der Waals surface area contributed by atoms with Gasteiger partial charge in [0.05, 0.1) is 11.2 Å². The lowest BCUT2D eigenvalue weighted by atomic mass is 10.0. The third kappa shape index (κ3) is 3.29. The van der Waals surface area contributed by atoms with E-state index >= 15 is 0 Å². The minimum absolute atomic E-state index is 0.0777. The van der Waals surface area contributed by atoms with E-state index in [4.69, 9.17) is 11.6 Å². The van der Waals surface area contributed by atoms with Crippen molar-refractivity contribution in [1.82, 2.24) is 14.0 Å². The second-order valence-electron chi connectivity index (χ2n) is 7.71. The average molecular weight is 428 g/mol. The van der Waals surface area contributed by atoms with Gasteiger partial charge in [0.25, 0.3) is 5.56 Å². The second kappa shape index (κ2) is 7.64. The Bertz CT molecular complexity index is 1380. The highest BCUT2D eigenvalue weighted by Crippen LogP contribution is 2.32. The largest absolute Gasteiger partial charge is 0.373 e. The van der Waals surface area contributed by atoms with E-state index in [0.717, 1.165) is 41.8 Å². The Hall–Kier alpha value is -3.50. The first-order valence-corrected chi connectivity index (χ1v) is 10.6. The lowest BCUT2D eigenvalue weighted by Crippen LogP contribution is -2.25. The van der Waals surface area contributed by atoms with Crippen LogP contribution in [0, 0.1) is 0 Å². The molecule has 154 valence electrons. The molecule has 0 aliphatic carbocycles.